The van der Waals surface area contributed by atoms with Crippen molar-refractivity contribution in [3.05, 3.63) is 34.5 Å². The van der Waals surface area contributed by atoms with Crippen molar-refractivity contribution >= 4 is 22.8 Å². The van der Waals surface area contributed by atoms with Crippen molar-refractivity contribution in [2.75, 3.05) is 0 Å². The second-order valence-corrected chi connectivity index (χ2v) is 5.78. The van der Waals surface area contributed by atoms with Crippen LogP contribution in [0.1, 0.15) is 40.0 Å². The molecular formula is C16H18N2O3. The highest BCUT2D eigenvalue weighted by Crippen LogP contribution is 2.30. The quantitative estimate of drug-likeness (QED) is 0.807. The number of carboxylic acids is 1. The van der Waals surface area contributed by atoms with Gasteiger partial charge in [-0.15, -0.1) is 0 Å². The summed E-state index contributed by atoms with van der Waals surface area (Å²) in [5, 5.41) is 13.1. The van der Waals surface area contributed by atoms with Crippen molar-refractivity contribution in [1.82, 2.24) is 10.3 Å². The van der Waals surface area contributed by atoms with Gasteiger partial charge in [-0.2, -0.15) is 0 Å². The molecular weight excluding hydrogens is 268 g/mol. The summed E-state index contributed by atoms with van der Waals surface area (Å²) in [6, 6.07) is 3.95. The number of H-pyrrole nitrogens is 1. The first-order chi connectivity index (χ1) is 9.97. The van der Waals surface area contributed by atoms with Crippen LogP contribution in [-0.2, 0) is 11.3 Å². The summed E-state index contributed by atoms with van der Waals surface area (Å²) in [5.74, 6) is -0.865. The average molecular weight is 286 g/mol. The predicted octanol–water partition coefficient (Wildman–Crippen LogP) is 2.51. The predicted molar refractivity (Wildman–Crippen MR) is 79.3 cm³/mol. The molecule has 0 saturated heterocycles. The number of rotatable bonds is 4. The number of hydrogen-bond acceptors (Lipinski definition) is 2. The van der Waals surface area contributed by atoms with E-state index in [-0.39, 0.29) is 24.1 Å². The fraction of sp³-hybridized carbons (Fsp3) is 0.375. The van der Waals surface area contributed by atoms with Gasteiger partial charge >= 0.3 is 5.97 Å². The zero-order chi connectivity index (χ0) is 15.1. The third-order valence-electron chi connectivity index (χ3n) is 3.94. The van der Waals surface area contributed by atoms with E-state index in [1.807, 2.05) is 26.0 Å². The van der Waals surface area contributed by atoms with E-state index in [1.165, 1.54) is 0 Å². The van der Waals surface area contributed by atoms with E-state index in [4.69, 9.17) is 0 Å². The van der Waals surface area contributed by atoms with Gasteiger partial charge in [-0.25, -0.2) is 4.79 Å². The van der Waals surface area contributed by atoms with E-state index in [9.17, 15) is 14.7 Å². The maximum absolute atomic E-state index is 11.8. The molecule has 0 spiro atoms. The van der Waals surface area contributed by atoms with Crippen molar-refractivity contribution in [1.29, 1.82) is 0 Å². The Morgan fingerprint density at radius 1 is 1.33 bits per heavy atom. The molecule has 1 fully saturated rings. The lowest BCUT2D eigenvalue weighted by molar-refractivity contribution is -0.122. The van der Waals surface area contributed by atoms with Gasteiger partial charge in [0.1, 0.15) is 5.69 Å². The van der Waals surface area contributed by atoms with Gasteiger partial charge in [-0.05, 0) is 43.9 Å². The highest BCUT2D eigenvalue weighted by Gasteiger charge is 2.30. The molecule has 0 aliphatic heterocycles. The molecule has 110 valence electrons. The average Bonchev–Trinajstić information content (AvgIpc) is 3.17. The summed E-state index contributed by atoms with van der Waals surface area (Å²) in [6.45, 7) is 4.18. The molecule has 0 bridgehead atoms. The minimum absolute atomic E-state index is 0.0189. The number of fused-ring (bicyclic) bond motifs is 1. The minimum atomic E-state index is -1.00. The van der Waals surface area contributed by atoms with E-state index in [0.717, 1.165) is 34.9 Å². The minimum Gasteiger partial charge on any atom is -0.477 e. The molecule has 3 N–H and O–H groups in total. The van der Waals surface area contributed by atoms with Crippen LogP contribution < -0.4 is 5.32 Å². The van der Waals surface area contributed by atoms with Crippen LogP contribution in [0.4, 0.5) is 0 Å². The van der Waals surface area contributed by atoms with Crippen LogP contribution >= 0.6 is 0 Å². The smallest absolute Gasteiger partial charge is 0.352 e. The molecule has 5 nitrogen and oxygen atoms in total. The van der Waals surface area contributed by atoms with Crippen molar-refractivity contribution < 1.29 is 14.7 Å². The molecule has 1 saturated carbocycles. The number of benzene rings is 1. The zero-order valence-corrected chi connectivity index (χ0v) is 12.1. The number of aromatic carboxylic acids is 1. The second-order valence-electron chi connectivity index (χ2n) is 5.78. The number of nitrogens with one attached hydrogen (secondary N) is 2. The van der Waals surface area contributed by atoms with E-state index in [0.29, 0.717) is 5.56 Å². The molecule has 1 heterocycles. The molecule has 0 unspecified atom stereocenters. The highest BCUT2D eigenvalue weighted by atomic mass is 16.4. The Bertz CT molecular complexity index is 742. The molecule has 1 aliphatic carbocycles. The summed E-state index contributed by atoms with van der Waals surface area (Å²) in [5.41, 5.74) is 3.72. The highest BCUT2D eigenvalue weighted by molar-refractivity contribution is 5.99. The Morgan fingerprint density at radius 3 is 2.67 bits per heavy atom. The Hall–Kier alpha value is -2.30. The molecule has 1 aliphatic rings. The number of carbonyl (C=O) groups is 2. The molecule has 0 atom stereocenters. The van der Waals surface area contributed by atoms with E-state index >= 15 is 0 Å². The molecule has 0 radical (unpaired) electrons. The van der Waals surface area contributed by atoms with Gasteiger partial charge in [-0.3, -0.25) is 4.79 Å². The number of carbonyl (C=O) groups excluding carboxylic acids is 1. The van der Waals surface area contributed by atoms with Gasteiger partial charge in [0.2, 0.25) is 5.91 Å². The summed E-state index contributed by atoms with van der Waals surface area (Å²) in [4.78, 5) is 26.2. The van der Waals surface area contributed by atoms with Gasteiger partial charge in [0.15, 0.2) is 0 Å². The Kier molecular flexibility index (Phi) is 3.20. The summed E-state index contributed by atoms with van der Waals surface area (Å²) >= 11 is 0. The topological polar surface area (TPSA) is 82.2 Å². The summed E-state index contributed by atoms with van der Waals surface area (Å²) in [6.07, 6.45) is 1.87. The van der Waals surface area contributed by atoms with Crippen molar-refractivity contribution in [3.8, 4) is 0 Å². The Balaban J connectivity index is 2.02. The van der Waals surface area contributed by atoms with Gasteiger partial charge in [0, 0.05) is 28.9 Å². The zero-order valence-electron chi connectivity index (χ0n) is 12.1. The van der Waals surface area contributed by atoms with Gasteiger partial charge in [0.25, 0.3) is 0 Å². The van der Waals surface area contributed by atoms with Crippen molar-refractivity contribution in [2.24, 2.45) is 5.92 Å². The fourth-order valence-corrected chi connectivity index (χ4v) is 2.83. The monoisotopic (exact) mass is 286 g/mol. The molecule has 3 rings (SSSR count). The lowest BCUT2D eigenvalue weighted by atomic mass is 10.0. The third kappa shape index (κ3) is 2.51. The van der Waals surface area contributed by atoms with Gasteiger partial charge in [0.05, 0.1) is 0 Å². The molecule has 21 heavy (non-hydrogen) atoms. The van der Waals surface area contributed by atoms with Crippen LogP contribution in [0.15, 0.2) is 12.1 Å². The Labute approximate surface area is 122 Å². The molecule has 2 aromatic rings. The molecule has 1 aromatic carbocycles. The standard InChI is InChI=1S/C16H18N2O3/c1-8-5-9(2)13-11(7-17-15(19)10-3-4-10)14(16(20)21)18-12(13)6-8/h5-6,10,18H,3-4,7H2,1-2H3,(H,17,19)(H,20,21). The van der Waals surface area contributed by atoms with Crippen LogP contribution in [0.5, 0.6) is 0 Å². The third-order valence-corrected chi connectivity index (χ3v) is 3.94. The summed E-state index contributed by atoms with van der Waals surface area (Å²) < 4.78 is 0. The van der Waals surface area contributed by atoms with E-state index in [2.05, 4.69) is 10.3 Å². The first kappa shape index (κ1) is 13.7. The number of amides is 1. The number of aryl methyl sites for hydroxylation is 2. The van der Waals surface area contributed by atoms with Gasteiger partial charge in [-0.1, -0.05) is 6.07 Å². The maximum atomic E-state index is 11.8. The van der Waals surface area contributed by atoms with Crippen molar-refractivity contribution in [2.45, 2.75) is 33.2 Å². The van der Waals surface area contributed by atoms with Gasteiger partial charge < -0.3 is 15.4 Å². The summed E-state index contributed by atoms with van der Waals surface area (Å²) in [7, 11) is 0. The van der Waals surface area contributed by atoms with E-state index < -0.39 is 5.97 Å². The van der Waals surface area contributed by atoms with Crippen LogP contribution in [0.3, 0.4) is 0 Å². The molecule has 5 heteroatoms. The number of carboxylic acid groups (broad SMARTS) is 1. The van der Waals surface area contributed by atoms with Crippen LogP contribution in [-0.4, -0.2) is 22.0 Å². The van der Waals surface area contributed by atoms with Crippen LogP contribution in [0, 0.1) is 19.8 Å². The van der Waals surface area contributed by atoms with Crippen molar-refractivity contribution in [3.63, 3.8) is 0 Å². The first-order valence-corrected chi connectivity index (χ1v) is 7.10. The second kappa shape index (κ2) is 4.91. The SMILES string of the molecule is Cc1cc(C)c2c(CNC(=O)C3CC3)c(C(=O)O)[nH]c2c1. The van der Waals surface area contributed by atoms with Crippen LogP contribution in [0.25, 0.3) is 10.9 Å². The molecule has 1 amide bonds. The van der Waals surface area contributed by atoms with Crippen LogP contribution in [0.2, 0.25) is 0 Å². The number of hydrogen-bond donors (Lipinski definition) is 3. The normalized spacial score (nSPS) is 14.4. The number of aromatic nitrogens is 1. The Morgan fingerprint density at radius 2 is 2.05 bits per heavy atom. The van der Waals surface area contributed by atoms with E-state index in [1.54, 1.807) is 0 Å². The largest absolute Gasteiger partial charge is 0.477 e. The first-order valence-electron chi connectivity index (χ1n) is 7.10. The lowest BCUT2D eigenvalue weighted by Crippen LogP contribution is -2.25. The fourth-order valence-electron chi connectivity index (χ4n) is 2.83. The molecule has 1 aromatic heterocycles. The maximum Gasteiger partial charge on any atom is 0.352 e. The number of aromatic amines is 1. The lowest BCUT2D eigenvalue weighted by Gasteiger charge is -2.07.